The lowest BCUT2D eigenvalue weighted by Crippen LogP contribution is -2.54. The highest BCUT2D eigenvalue weighted by atomic mass is 16.6. The average Bonchev–Trinajstić information content (AvgIpc) is 3.28. The number of nitrogens with zero attached hydrogens (tertiary/aromatic N) is 4. The Morgan fingerprint density at radius 3 is 1.03 bits per heavy atom. The van der Waals surface area contributed by atoms with Crippen LogP contribution in [-0.4, -0.2) is 144 Å². The number of ether oxygens (including phenoxy) is 4. The molecule has 0 aliphatic carbocycles. The van der Waals surface area contributed by atoms with E-state index in [4.69, 9.17) is 18.9 Å². The van der Waals surface area contributed by atoms with Crippen LogP contribution >= 0.6 is 0 Å². The number of nitrogens with one attached hydrogen (secondary N) is 1. The van der Waals surface area contributed by atoms with Crippen LogP contribution in [0.2, 0.25) is 0 Å². The molecule has 16 heteroatoms. The number of cyclic esters (lactones) is 4. The highest BCUT2D eigenvalue weighted by Gasteiger charge is 2.42. The van der Waals surface area contributed by atoms with Crippen molar-refractivity contribution in [2.45, 2.75) is 156 Å². The third-order valence-electron chi connectivity index (χ3n) is 12.1. The van der Waals surface area contributed by atoms with Gasteiger partial charge in [-0.05, 0) is 74.3 Å². The minimum atomic E-state index is -1.45. The quantitative estimate of drug-likeness (QED) is 0.190. The number of amides is 3. The van der Waals surface area contributed by atoms with Crippen molar-refractivity contribution in [1.82, 2.24) is 19.6 Å². The van der Waals surface area contributed by atoms with E-state index in [1.807, 2.05) is 61.5 Å². The summed E-state index contributed by atoms with van der Waals surface area (Å²) in [6.45, 7) is 17.8. The van der Waals surface area contributed by atoms with E-state index in [1.165, 1.54) is 56.7 Å². The largest absolute Gasteiger partial charge is 0.453 e. The molecule has 0 saturated carbocycles. The fourth-order valence-corrected chi connectivity index (χ4v) is 8.16. The van der Waals surface area contributed by atoms with Crippen molar-refractivity contribution in [3.63, 3.8) is 0 Å². The number of benzene rings is 2. The zero-order valence-electron chi connectivity index (χ0n) is 42.7. The Labute approximate surface area is 403 Å². The van der Waals surface area contributed by atoms with Crippen molar-refractivity contribution < 1.29 is 52.5 Å². The molecule has 1 aliphatic heterocycles. The van der Waals surface area contributed by atoms with Crippen molar-refractivity contribution in [3.8, 4) is 0 Å². The van der Waals surface area contributed by atoms with Crippen molar-refractivity contribution in [3.05, 3.63) is 71.8 Å². The third kappa shape index (κ3) is 16.2. The van der Waals surface area contributed by atoms with E-state index < -0.39 is 90.2 Å². The minimum absolute atomic E-state index is 0.0501. The van der Waals surface area contributed by atoms with E-state index in [-0.39, 0.29) is 68.0 Å². The van der Waals surface area contributed by atoms with Crippen LogP contribution in [0.4, 0.5) is 0 Å². The standard InChI is InChI=1S/C52H77N5O11/c1-31(2)25-39-51(63)67-43(29-37-21-17-15-18-22-37)47(59)57(14)41(27-33(5)6)50(62)66-36(10)46(58)55(12)42(28-34(7)8)52(64)68-44(30-38-23-19-16-20-24-38)48(60)56(13)40(26-32(3)4)49(61)65-35(9)45(53)54(39)11/h15-24,31-36,39-44,53H,25-30H2,1-14H3/t35?,36?,39-,40-,41-,42-,43?,44?/m0/s1. The highest BCUT2D eigenvalue weighted by Crippen LogP contribution is 2.24. The predicted molar refractivity (Wildman–Crippen MR) is 258 cm³/mol. The van der Waals surface area contributed by atoms with E-state index in [2.05, 4.69) is 0 Å². The second-order valence-corrected chi connectivity index (χ2v) is 19.8. The molecule has 1 N–H and O–H groups in total. The Hall–Kier alpha value is -5.80. The molecule has 8 atom stereocenters. The highest BCUT2D eigenvalue weighted by molar-refractivity contribution is 5.95. The molecule has 0 bridgehead atoms. The maximum atomic E-state index is 14.7. The Balaban J connectivity index is 2.25. The van der Waals surface area contributed by atoms with E-state index >= 15 is 0 Å². The number of hydrogen-bond donors (Lipinski definition) is 1. The number of amidine groups is 1. The summed E-state index contributed by atoms with van der Waals surface area (Å²) in [4.78, 5) is 106. The molecule has 0 spiro atoms. The molecule has 1 heterocycles. The van der Waals surface area contributed by atoms with Gasteiger partial charge < -0.3 is 38.5 Å². The van der Waals surface area contributed by atoms with Gasteiger partial charge >= 0.3 is 23.9 Å². The number of rotatable bonds is 12. The first-order valence-corrected chi connectivity index (χ1v) is 23.8. The van der Waals surface area contributed by atoms with Gasteiger partial charge in [-0.15, -0.1) is 0 Å². The van der Waals surface area contributed by atoms with Crippen LogP contribution < -0.4 is 0 Å². The number of carbonyl (C=O) groups excluding carboxylic acids is 7. The Morgan fingerprint density at radius 2 is 0.706 bits per heavy atom. The van der Waals surface area contributed by atoms with Crippen LogP contribution in [0.5, 0.6) is 0 Å². The van der Waals surface area contributed by atoms with Gasteiger partial charge in [0.05, 0.1) is 0 Å². The molecule has 68 heavy (non-hydrogen) atoms. The summed E-state index contributed by atoms with van der Waals surface area (Å²) < 4.78 is 24.0. The monoisotopic (exact) mass is 948 g/mol. The van der Waals surface area contributed by atoms with Gasteiger partial charge in [-0.2, -0.15) is 0 Å². The van der Waals surface area contributed by atoms with Gasteiger partial charge in [0.15, 0.2) is 24.4 Å². The Kier molecular flexibility index (Phi) is 21.7. The molecule has 1 saturated heterocycles. The zero-order chi connectivity index (χ0) is 51.2. The van der Waals surface area contributed by atoms with Crippen molar-refractivity contribution in [2.75, 3.05) is 28.2 Å². The third-order valence-corrected chi connectivity index (χ3v) is 12.1. The molecule has 1 aliphatic rings. The summed E-state index contributed by atoms with van der Waals surface area (Å²) in [5.41, 5.74) is 1.34. The van der Waals surface area contributed by atoms with Crippen molar-refractivity contribution >= 4 is 47.4 Å². The molecule has 0 aromatic heterocycles. The van der Waals surface area contributed by atoms with E-state index in [0.29, 0.717) is 11.1 Å². The van der Waals surface area contributed by atoms with Crippen molar-refractivity contribution in [2.24, 2.45) is 23.7 Å². The lowest BCUT2D eigenvalue weighted by atomic mass is 10.00. The van der Waals surface area contributed by atoms with E-state index in [1.54, 1.807) is 54.6 Å². The fourth-order valence-electron chi connectivity index (χ4n) is 8.16. The summed E-state index contributed by atoms with van der Waals surface area (Å²) in [6, 6.07) is 13.1. The summed E-state index contributed by atoms with van der Waals surface area (Å²) in [5, 5.41) is 9.22. The van der Waals surface area contributed by atoms with Gasteiger partial charge in [-0.25, -0.2) is 19.2 Å². The number of likely N-dealkylation sites (N-methyl/N-ethyl adjacent to an activating group) is 4. The van der Waals surface area contributed by atoms with Gasteiger partial charge in [0, 0.05) is 41.0 Å². The average molecular weight is 948 g/mol. The molecular weight excluding hydrogens is 871 g/mol. The molecule has 2 aromatic rings. The second kappa shape index (κ2) is 26.1. The molecule has 4 unspecified atom stereocenters. The number of carbonyl (C=O) groups is 7. The van der Waals surface area contributed by atoms with Gasteiger partial charge in [0.1, 0.15) is 30.0 Å². The van der Waals surface area contributed by atoms with Crippen molar-refractivity contribution in [1.29, 1.82) is 5.41 Å². The van der Waals surface area contributed by atoms with Crippen LogP contribution in [0.3, 0.4) is 0 Å². The first-order chi connectivity index (χ1) is 31.8. The molecule has 3 amide bonds. The molecule has 3 rings (SSSR count). The molecule has 376 valence electrons. The lowest BCUT2D eigenvalue weighted by Gasteiger charge is -2.36. The maximum Gasteiger partial charge on any atom is 0.329 e. The summed E-state index contributed by atoms with van der Waals surface area (Å²) in [6.07, 6.45) is -5.06. The van der Waals surface area contributed by atoms with Crippen LogP contribution in [0, 0.1) is 29.1 Å². The van der Waals surface area contributed by atoms with Gasteiger partial charge in [0.2, 0.25) is 0 Å². The van der Waals surface area contributed by atoms with Gasteiger partial charge in [-0.1, -0.05) is 116 Å². The second-order valence-electron chi connectivity index (χ2n) is 19.8. The lowest BCUT2D eigenvalue weighted by molar-refractivity contribution is -0.174. The molecule has 1 fully saturated rings. The van der Waals surface area contributed by atoms with Crippen LogP contribution in [0.1, 0.15) is 106 Å². The Bertz CT molecular complexity index is 1870. The summed E-state index contributed by atoms with van der Waals surface area (Å²) in [7, 11) is 5.75. The molecular formula is C52H77N5O11. The number of hydrogen-bond acceptors (Lipinski definition) is 12. The summed E-state index contributed by atoms with van der Waals surface area (Å²) >= 11 is 0. The predicted octanol–water partition coefficient (Wildman–Crippen LogP) is 6.12. The van der Waals surface area contributed by atoms with E-state index in [9.17, 15) is 39.0 Å². The SMILES string of the molecule is CC(C)C[C@H]1C(=O)OC(Cc2ccccc2)C(=O)N(C)[C@@H](CC(C)C)C(=O)OC(C)C(=O)N(C)[C@@H](CC(C)C)C(=O)OC(Cc2ccccc2)C(=O)N(C)[C@@H](CC(C)C)C(=O)OC(C)C(=N)N1C. The zero-order valence-corrected chi connectivity index (χ0v) is 42.7. The fraction of sp³-hybridized carbons (Fsp3) is 0.615. The normalized spacial score (nSPS) is 25.2. The van der Waals surface area contributed by atoms with Gasteiger partial charge in [0.25, 0.3) is 17.7 Å². The Morgan fingerprint density at radius 1 is 0.426 bits per heavy atom. The smallest absolute Gasteiger partial charge is 0.329 e. The van der Waals surface area contributed by atoms with E-state index in [0.717, 1.165) is 4.90 Å². The van der Waals surface area contributed by atoms with Crippen LogP contribution in [0.15, 0.2) is 60.7 Å². The first kappa shape index (κ1) is 56.5. The number of esters is 4. The van der Waals surface area contributed by atoms with Gasteiger partial charge in [-0.3, -0.25) is 19.8 Å². The summed E-state index contributed by atoms with van der Waals surface area (Å²) in [5.74, 6) is -6.25. The topological polar surface area (TPSA) is 193 Å². The minimum Gasteiger partial charge on any atom is -0.453 e. The maximum absolute atomic E-state index is 14.7. The van der Waals surface area contributed by atoms with Crippen LogP contribution in [-0.2, 0) is 65.4 Å². The molecule has 2 aromatic carbocycles. The molecule has 0 radical (unpaired) electrons. The first-order valence-electron chi connectivity index (χ1n) is 23.8. The molecule has 16 nitrogen and oxygen atoms in total. The van der Waals surface area contributed by atoms with Crippen LogP contribution in [0.25, 0.3) is 0 Å².